The van der Waals surface area contributed by atoms with Crippen LogP contribution in [0.2, 0.25) is 0 Å². The number of anilines is 2. The number of hydrogen-bond acceptors (Lipinski definition) is 4. The maximum absolute atomic E-state index is 12.3. The van der Waals surface area contributed by atoms with E-state index in [1.807, 2.05) is 29.2 Å². The molecular formula is C20H21N3O3. The number of nitrogens with one attached hydrogen (secondary N) is 2. The van der Waals surface area contributed by atoms with E-state index in [2.05, 4.69) is 10.6 Å². The van der Waals surface area contributed by atoms with Gasteiger partial charge in [0, 0.05) is 31.5 Å². The summed E-state index contributed by atoms with van der Waals surface area (Å²) in [5.41, 5.74) is 2.07. The second-order valence-electron chi connectivity index (χ2n) is 6.13. The molecule has 2 aromatic rings. The van der Waals surface area contributed by atoms with E-state index in [4.69, 9.17) is 0 Å². The van der Waals surface area contributed by atoms with Crippen molar-refractivity contribution in [1.82, 2.24) is 5.32 Å². The van der Waals surface area contributed by atoms with E-state index in [0.29, 0.717) is 24.3 Å². The fourth-order valence-electron chi connectivity index (χ4n) is 2.91. The number of rotatable bonds is 6. The van der Waals surface area contributed by atoms with Gasteiger partial charge in [-0.3, -0.25) is 14.4 Å². The number of carbonyl (C=O) groups is 3. The summed E-state index contributed by atoms with van der Waals surface area (Å²) in [7, 11) is 0. The Balaban J connectivity index is 1.61. The van der Waals surface area contributed by atoms with Crippen LogP contribution in [0.5, 0.6) is 0 Å². The highest BCUT2D eigenvalue weighted by atomic mass is 16.2. The summed E-state index contributed by atoms with van der Waals surface area (Å²) in [6.07, 6.45) is 0.271. The molecule has 0 atom stereocenters. The zero-order valence-corrected chi connectivity index (χ0v) is 14.4. The maximum atomic E-state index is 12.3. The summed E-state index contributed by atoms with van der Waals surface area (Å²) < 4.78 is 0. The lowest BCUT2D eigenvalue weighted by atomic mass is 10.1. The monoisotopic (exact) mass is 351 g/mol. The fourth-order valence-corrected chi connectivity index (χ4v) is 2.91. The lowest BCUT2D eigenvalue weighted by Crippen LogP contribution is -2.47. The highest BCUT2D eigenvalue weighted by molar-refractivity contribution is 6.01. The van der Waals surface area contributed by atoms with E-state index in [-0.39, 0.29) is 37.0 Å². The summed E-state index contributed by atoms with van der Waals surface area (Å²) in [5, 5.41) is 5.65. The smallest absolute Gasteiger partial charge is 0.239 e. The number of amides is 2. The lowest BCUT2D eigenvalue weighted by molar-refractivity contribution is -0.120. The van der Waals surface area contributed by atoms with Gasteiger partial charge >= 0.3 is 0 Å². The van der Waals surface area contributed by atoms with Crippen LogP contribution in [0.3, 0.4) is 0 Å². The molecule has 6 nitrogen and oxygen atoms in total. The molecule has 1 heterocycles. The molecule has 2 N–H and O–H groups in total. The van der Waals surface area contributed by atoms with E-state index in [1.165, 1.54) is 0 Å². The molecular weight excluding hydrogens is 330 g/mol. The summed E-state index contributed by atoms with van der Waals surface area (Å²) in [4.78, 5) is 38.0. The number of nitrogens with zero attached hydrogens (tertiary/aromatic N) is 1. The van der Waals surface area contributed by atoms with Crippen LogP contribution in [-0.4, -0.2) is 37.2 Å². The Morgan fingerprint density at radius 1 is 1.00 bits per heavy atom. The standard InChI is InChI=1S/C20H21N3O3/c24-18(15-6-2-1-3-7-15)10-11-19(25)22-16-8-4-5-9-17(16)23-13-12-21-20(26)14-23/h1-9H,10-14H2,(H,21,26)(H,22,25). The second-order valence-corrected chi connectivity index (χ2v) is 6.13. The first-order valence-corrected chi connectivity index (χ1v) is 8.62. The molecule has 0 radical (unpaired) electrons. The average Bonchev–Trinajstić information content (AvgIpc) is 2.67. The lowest BCUT2D eigenvalue weighted by Gasteiger charge is -2.30. The Morgan fingerprint density at radius 3 is 2.50 bits per heavy atom. The highest BCUT2D eigenvalue weighted by Gasteiger charge is 2.19. The van der Waals surface area contributed by atoms with Gasteiger partial charge in [-0.05, 0) is 12.1 Å². The minimum atomic E-state index is -0.219. The summed E-state index contributed by atoms with van der Waals surface area (Å²) >= 11 is 0. The molecule has 0 saturated carbocycles. The molecule has 1 aliphatic rings. The van der Waals surface area contributed by atoms with E-state index in [9.17, 15) is 14.4 Å². The van der Waals surface area contributed by atoms with Crippen LogP contribution in [0.1, 0.15) is 23.2 Å². The van der Waals surface area contributed by atoms with Gasteiger partial charge in [0.1, 0.15) is 0 Å². The van der Waals surface area contributed by atoms with Gasteiger partial charge in [0.25, 0.3) is 0 Å². The van der Waals surface area contributed by atoms with Gasteiger partial charge in [-0.25, -0.2) is 0 Å². The van der Waals surface area contributed by atoms with Crippen LogP contribution in [0, 0.1) is 0 Å². The molecule has 3 rings (SSSR count). The molecule has 2 aromatic carbocycles. The fraction of sp³-hybridized carbons (Fsp3) is 0.250. The van der Waals surface area contributed by atoms with Crippen LogP contribution in [0.15, 0.2) is 54.6 Å². The van der Waals surface area contributed by atoms with Gasteiger partial charge in [0.2, 0.25) is 11.8 Å². The molecule has 2 amide bonds. The average molecular weight is 351 g/mol. The SMILES string of the molecule is O=C1CN(c2ccccc2NC(=O)CCC(=O)c2ccccc2)CCN1. The molecule has 0 bridgehead atoms. The van der Waals surface area contributed by atoms with Crippen molar-refractivity contribution in [1.29, 1.82) is 0 Å². The second kappa shape index (κ2) is 8.29. The van der Waals surface area contributed by atoms with Crippen molar-refractivity contribution in [2.24, 2.45) is 0 Å². The molecule has 0 aromatic heterocycles. The molecule has 0 unspecified atom stereocenters. The van der Waals surface area contributed by atoms with E-state index < -0.39 is 0 Å². The van der Waals surface area contributed by atoms with Gasteiger partial charge < -0.3 is 15.5 Å². The van der Waals surface area contributed by atoms with Crippen molar-refractivity contribution in [3.63, 3.8) is 0 Å². The first-order valence-electron chi connectivity index (χ1n) is 8.62. The van der Waals surface area contributed by atoms with Crippen LogP contribution < -0.4 is 15.5 Å². The maximum Gasteiger partial charge on any atom is 0.239 e. The van der Waals surface area contributed by atoms with Crippen molar-refractivity contribution >= 4 is 29.0 Å². The van der Waals surface area contributed by atoms with E-state index in [1.54, 1.807) is 30.3 Å². The largest absolute Gasteiger partial charge is 0.359 e. The van der Waals surface area contributed by atoms with Gasteiger partial charge in [-0.15, -0.1) is 0 Å². The number of carbonyl (C=O) groups excluding carboxylic acids is 3. The number of para-hydroxylation sites is 2. The molecule has 1 saturated heterocycles. The van der Waals surface area contributed by atoms with Crippen molar-refractivity contribution in [3.8, 4) is 0 Å². The molecule has 0 spiro atoms. The van der Waals surface area contributed by atoms with Crippen molar-refractivity contribution in [2.45, 2.75) is 12.8 Å². The Hall–Kier alpha value is -3.15. The number of benzene rings is 2. The predicted molar refractivity (Wildman–Crippen MR) is 100 cm³/mol. The number of hydrogen-bond donors (Lipinski definition) is 2. The van der Waals surface area contributed by atoms with Gasteiger partial charge in [-0.2, -0.15) is 0 Å². The van der Waals surface area contributed by atoms with Crippen LogP contribution in [-0.2, 0) is 9.59 Å². The first kappa shape index (κ1) is 17.7. The van der Waals surface area contributed by atoms with Crippen molar-refractivity contribution in [3.05, 3.63) is 60.2 Å². The molecule has 0 aliphatic carbocycles. The zero-order valence-electron chi connectivity index (χ0n) is 14.4. The molecule has 6 heteroatoms. The van der Waals surface area contributed by atoms with Crippen molar-refractivity contribution < 1.29 is 14.4 Å². The highest BCUT2D eigenvalue weighted by Crippen LogP contribution is 2.26. The third-order valence-electron chi connectivity index (χ3n) is 4.23. The van der Waals surface area contributed by atoms with Crippen molar-refractivity contribution in [2.75, 3.05) is 29.9 Å². The molecule has 1 aliphatic heterocycles. The minimum Gasteiger partial charge on any atom is -0.359 e. The van der Waals surface area contributed by atoms with Crippen LogP contribution >= 0.6 is 0 Å². The normalized spacial score (nSPS) is 13.8. The Morgan fingerprint density at radius 2 is 1.73 bits per heavy atom. The molecule has 134 valence electrons. The summed E-state index contributed by atoms with van der Waals surface area (Å²) in [5.74, 6) is -0.309. The predicted octanol–water partition coefficient (Wildman–Crippen LogP) is 2.22. The Kier molecular flexibility index (Phi) is 5.63. The zero-order chi connectivity index (χ0) is 18.4. The van der Waals surface area contributed by atoms with Crippen LogP contribution in [0.25, 0.3) is 0 Å². The van der Waals surface area contributed by atoms with Gasteiger partial charge in [0.15, 0.2) is 5.78 Å². The van der Waals surface area contributed by atoms with Gasteiger partial charge in [-0.1, -0.05) is 42.5 Å². The van der Waals surface area contributed by atoms with E-state index >= 15 is 0 Å². The number of piperazine rings is 1. The summed E-state index contributed by atoms with van der Waals surface area (Å²) in [6.45, 7) is 1.52. The number of ketones is 1. The molecule has 1 fully saturated rings. The number of Topliss-reactive ketones (excluding diaryl/α,β-unsaturated/α-hetero) is 1. The topological polar surface area (TPSA) is 78.5 Å². The van der Waals surface area contributed by atoms with Gasteiger partial charge in [0.05, 0.1) is 17.9 Å². The van der Waals surface area contributed by atoms with E-state index in [0.717, 1.165) is 5.69 Å². The first-order chi connectivity index (χ1) is 12.6. The minimum absolute atomic E-state index is 0.0363. The molecule has 26 heavy (non-hydrogen) atoms. The van der Waals surface area contributed by atoms with Crippen LogP contribution in [0.4, 0.5) is 11.4 Å². The quantitative estimate of drug-likeness (QED) is 0.782. The summed E-state index contributed by atoms with van der Waals surface area (Å²) in [6, 6.07) is 16.3. The third kappa shape index (κ3) is 4.47. The third-order valence-corrected chi connectivity index (χ3v) is 4.23. The Bertz CT molecular complexity index is 805. The Labute approximate surface area is 152 Å².